The van der Waals surface area contributed by atoms with Gasteiger partial charge in [0.05, 0.1) is 36.3 Å². The van der Waals surface area contributed by atoms with Gasteiger partial charge in [0.15, 0.2) is 0 Å². The summed E-state index contributed by atoms with van der Waals surface area (Å²) < 4.78 is 23.2. The summed E-state index contributed by atoms with van der Waals surface area (Å²) in [5.41, 5.74) is -0.969. The van der Waals surface area contributed by atoms with Crippen molar-refractivity contribution in [2.45, 2.75) is 128 Å². The quantitative estimate of drug-likeness (QED) is 0.0811. The average molecular weight is 653 g/mol. The maximum absolute atomic E-state index is 12.8. The fourth-order valence-corrected chi connectivity index (χ4v) is 6.42. The molecule has 3 rings (SSSR count). The maximum Gasteiger partial charge on any atom is 0.309 e. The zero-order valence-corrected chi connectivity index (χ0v) is 28.6. The summed E-state index contributed by atoms with van der Waals surface area (Å²) in [6.07, 6.45) is 8.36. The summed E-state index contributed by atoms with van der Waals surface area (Å²) >= 11 is 0. The Labute approximate surface area is 273 Å². The molecule has 5 N–H and O–H groups in total. The van der Waals surface area contributed by atoms with E-state index in [-0.39, 0.29) is 67.5 Å². The van der Waals surface area contributed by atoms with E-state index in [9.17, 15) is 19.8 Å². The molecule has 46 heavy (non-hydrogen) atoms. The number of rotatable bonds is 9. The Bertz CT molecular complexity index is 1090. The molecule has 262 valence electrons. The Morgan fingerprint density at radius 2 is 1.91 bits per heavy atom. The van der Waals surface area contributed by atoms with E-state index >= 15 is 0 Å². The molecular formula is C34H56N2O10. The Morgan fingerprint density at radius 3 is 2.52 bits per heavy atom. The first-order chi connectivity index (χ1) is 21.6. The molecule has 3 aliphatic rings. The van der Waals surface area contributed by atoms with Crippen LogP contribution < -0.4 is 10.6 Å². The number of epoxide rings is 1. The fraction of sp³-hybridized carbons (Fsp3) is 0.735. The van der Waals surface area contributed by atoms with Crippen molar-refractivity contribution in [1.29, 1.82) is 0 Å². The number of cyclic esters (lactones) is 1. The van der Waals surface area contributed by atoms with Gasteiger partial charge in [-0.3, -0.25) is 14.4 Å². The van der Waals surface area contributed by atoms with Gasteiger partial charge in [-0.05, 0) is 51.7 Å². The highest BCUT2D eigenvalue weighted by Gasteiger charge is 2.55. The van der Waals surface area contributed by atoms with E-state index in [0.29, 0.717) is 0 Å². The highest BCUT2D eigenvalue weighted by atomic mass is 16.6. The Morgan fingerprint density at radius 1 is 1.24 bits per heavy atom. The Hall–Kier alpha value is -2.61. The van der Waals surface area contributed by atoms with Gasteiger partial charge in [0, 0.05) is 39.0 Å². The van der Waals surface area contributed by atoms with Crippen LogP contribution in [-0.2, 0) is 33.3 Å². The first kappa shape index (κ1) is 39.6. The summed E-state index contributed by atoms with van der Waals surface area (Å²) in [6, 6.07) is 0.0709. The molecule has 3 aliphatic heterocycles. The van der Waals surface area contributed by atoms with Crippen LogP contribution in [0.15, 0.2) is 36.0 Å². The predicted octanol–water partition coefficient (Wildman–Crippen LogP) is 2.67. The SMILES string of the molecule is CC[C@H](OC)[C@@H](C)[C@H]1O[C@H]1C1NCCNC1(C)/C=C/C=C(\C)[C@H]1OC(=O)C[C@H](O)CC[C@@](C)(O)[C@@H](OC(C)=O)/C=C/[C@@H]1C.O=CO. The van der Waals surface area contributed by atoms with Crippen LogP contribution in [0.2, 0.25) is 0 Å². The number of esters is 2. The van der Waals surface area contributed by atoms with Gasteiger partial charge in [-0.2, -0.15) is 0 Å². The molecule has 2 fully saturated rings. The number of allylic oxidation sites excluding steroid dienone is 2. The molecule has 11 atom stereocenters. The molecule has 0 amide bonds. The highest BCUT2D eigenvalue weighted by molar-refractivity contribution is 5.70. The minimum atomic E-state index is -1.41. The van der Waals surface area contributed by atoms with Crippen molar-refractivity contribution in [2.24, 2.45) is 11.8 Å². The van der Waals surface area contributed by atoms with Crippen molar-refractivity contribution in [1.82, 2.24) is 10.6 Å². The first-order valence-electron chi connectivity index (χ1n) is 16.2. The second-order valence-electron chi connectivity index (χ2n) is 13.1. The third-order valence-corrected chi connectivity index (χ3v) is 9.21. The standard InChI is InChI=1S/C33H54N2O8.CH2O2/c1-9-25(40-8)22(4)29-30(43-29)31-32(6,35-18-17-34-31)15-10-11-20(2)28-21(3)12-13-26(41-23(5)36)33(7,39)16-14-24(37)19-27(38)42-28;2-1-3/h10-13,15,21-22,24-26,28-31,34-35,37,39H,9,14,16-19H2,1-8H3;1H,(H,2,3)/b13-12+,15-10+,20-11+;/t21-,22+,24+,25-,26-,28+,29+,30+,31?,32?,33+;/m0./s1. The first-order valence-corrected chi connectivity index (χ1v) is 16.2. The third-order valence-electron chi connectivity index (χ3n) is 9.21. The normalized spacial score (nSPS) is 37.7. The molecular weight excluding hydrogens is 596 g/mol. The minimum absolute atomic E-state index is 0.0675. The van der Waals surface area contributed by atoms with Crippen LogP contribution in [-0.4, -0.2) is 108 Å². The van der Waals surface area contributed by atoms with Crippen molar-refractivity contribution in [3.05, 3.63) is 36.0 Å². The number of carboxylic acid groups (broad SMARTS) is 1. The van der Waals surface area contributed by atoms with Crippen molar-refractivity contribution < 1.29 is 48.7 Å². The molecule has 3 heterocycles. The lowest BCUT2D eigenvalue weighted by atomic mass is 9.83. The van der Waals surface area contributed by atoms with E-state index < -0.39 is 35.9 Å². The molecule has 0 aliphatic carbocycles. The number of piperazine rings is 1. The maximum atomic E-state index is 12.8. The summed E-state index contributed by atoms with van der Waals surface area (Å²) in [6.45, 7) is 14.6. The average Bonchev–Trinajstić information content (AvgIpc) is 3.78. The molecule has 0 aromatic carbocycles. The molecule has 0 aromatic rings. The second kappa shape index (κ2) is 18.1. The van der Waals surface area contributed by atoms with Gasteiger partial charge in [-0.15, -0.1) is 0 Å². The molecule has 0 aromatic heterocycles. The molecule has 12 heteroatoms. The number of nitrogens with one attached hydrogen (secondary N) is 2. The largest absolute Gasteiger partial charge is 0.483 e. The van der Waals surface area contributed by atoms with E-state index in [0.717, 1.165) is 25.1 Å². The number of aliphatic hydroxyl groups is 2. The van der Waals surface area contributed by atoms with Crippen molar-refractivity contribution in [3.8, 4) is 0 Å². The Kier molecular flexibility index (Phi) is 15.5. The number of ether oxygens (including phenoxy) is 4. The van der Waals surface area contributed by atoms with Crippen LogP contribution in [0.4, 0.5) is 0 Å². The van der Waals surface area contributed by atoms with Crippen LogP contribution in [0.25, 0.3) is 0 Å². The topological polar surface area (TPSA) is 176 Å². The number of carbonyl (C=O) groups excluding carboxylic acids is 2. The van der Waals surface area contributed by atoms with Gasteiger partial charge >= 0.3 is 11.9 Å². The molecule has 0 spiro atoms. The van der Waals surface area contributed by atoms with E-state index in [1.807, 2.05) is 26.0 Å². The fourth-order valence-electron chi connectivity index (χ4n) is 6.42. The van der Waals surface area contributed by atoms with Crippen molar-refractivity contribution in [2.75, 3.05) is 20.2 Å². The zero-order valence-electron chi connectivity index (χ0n) is 28.6. The monoisotopic (exact) mass is 652 g/mol. The smallest absolute Gasteiger partial charge is 0.309 e. The lowest BCUT2D eigenvalue weighted by Crippen LogP contribution is -2.65. The number of hydrogen-bond donors (Lipinski definition) is 5. The lowest BCUT2D eigenvalue weighted by molar-refractivity contribution is -0.157. The summed E-state index contributed by atoms with van der Waals surface area (Å²) in [5.74, 6) is -1.04. The molecule has 2 saturated heterocycles. The summed E-state index contributed by atoms with van der Waals surface area (Å²) in [5, 5.41) is 35.7. The van der Waals surface area contributed by atoms with Gasteiger partial charge in [-0.1, -0.05) is 45.1 Å². The van der Waals surface area contributed by atoms with Gasteiger partial charge < -0.3 is 44.9 Å². The van der Waals surface area contributed by atoms with Gasteiger partial charge in [0.2, 0.25) is 0 Å². The minimum Gasteiger partial charge on any atom is -0.483 e. The van der Waals surface area contributed by atoms with E-state index in [1.165, 1.54) is 6.92 Å². The molecule has 12 nitrogen and oxygen atoms in total. The van der Waals surface area contributed by atoms with E-state index in [2.05, 4.69) is 37.5 Å². The number of carbonyl (C=O) groups is 3. The zero-order chi connectivity index (χ0) is 34.7. The molecule has 2 unspecified atom stereocenters. The predicted molar refractivity (Wildman–Crippen MR) is 173 cm³/mol. The summed E-state index contributed by atoms with van der Waals surface area (Å²) in [7, 11) is 1.75. The van der Waals surface area contributed by atoms with Crippen LogP contribution in [0, 0.1) is 11.8 Å². The van der Waals surface area contributed by atoms with Crippen molar-refractivity contribution in [3.63, 3.8) is 0 Å². The van der Waals surface area contributed by atoms with E-state index in [4.69, 9.17) is 28.8 Å². The van der Waals surface area contributed by atoms with Crippen LogP contribution in [0.3, 0.4) is 0 Å². The van der Waals surface area contributed by atoms with Gasteiger partial charge in [0.25, 0.3) is 6.47 Å². The van der Waals surface area contributed by atoms with Crippen LogP contribution in [0.5, 0.6) is 0 Å². The summed E-state index contributed by atoms with van der Waals surface area (Å²) in [4.78, 5) is 32.9. The van der Waals surface area contributed by atoms with Crippen LogP contribution in [0.1, 0.15) is 74.1 Å². The Balaban J connectivity index is 0.00000236. The molecule has 0 saturated carbocycles. The highest BCUT2D eigenvalue weighted by Crippen LogP contribution is 2.39. The van der Waals surface area contributed by atoms with Gasteiger partial charge in [-0.25, -0.2) is 0 Å². The number of methoxy groups -OCH3 is 1. The van der Waals surface area contributed by atoms with Crippen LogP contribution >= 0.6 is 0 Å². The van der Waals surface area contributed by atoms with Crippen molar-refractivity contribution >= 4 is 18.4 Å². The molecule has 0 bridgehead atoms. The third kappa shape index (κ3) is 11.3. The number of hydrogen-bond acceptors (Lipinski definition) is 11. The molecule has 0 radical (unpaired) electrons. The second-order valence-corrected chi connectivity index (χ2v) is 13.1. The van der Waals surface area contributed by atoms with Gasteiger partial charge in [0.1, 0.15) is 23.9 Å². The number of aliphatic hydroxyl groups excluding tert-OH is 1. The lowest BCUT2D eigenvalue weighted by Gasteiger charge is -2.41. The van der Waals surface area contributed by atoms with E-state index in [1.54, 1.807) is 26.2 Å².